The lowest BCUT2D eigenvalue weighted by molar-refractivity contribution is -0.147. The van der Waals surface area contributed by atoms with Gasteiger partial charge >= 0.3 is 5.97 Å². The van der Waals surface area contributed by atoms with Crippen molar-refractivity contribution < 1.29 is 9.53 Å². The summed E-state index contributed by atoms with van der Waals surface area (Å²) < 4.78 is 5.31. The summed E-state index contributed by atoms with van der Waals surface area (Å²) in [5.41, 5.74) is 7.31. The van der Waals surface area contributed by atoms with Gasteiger partial charge in [-0.05, 0) is 23.6 Å². The largest absolute Gasteiger partial charge is 0.459 e. The van der Waals surface area contributed by atoms with Gasteiger partial charge in [0.15, 0.2) is 5.54 Å². The van der Waals surface area contributed by atoms with Gasteiger partial charge in [0.1, 0.15) is 6.61 Å². The highest BCUT2D eigenvalue weighted by Crippen LogP contribution is 2.28. The molecule has 21 heavy (non-hydrogen) atoms. The molecule has 0 amide bonds. The van der Waals surface area contributed by atoms with E-state index in [2.05, 4.69) is 6.58 Å². The molecule has 0 saturated carbocycles. The number of hydrogen-bond acceptors (Lipinski definition) is 3. The molecule has 3 nitrogen and oxygen atoms in total. The number of benzene rings is 2. The maximum absolute atomic E-state index is 12.6. The van der Waals surface area contributed by atoms with E-state index >= 15 is 0 Å². The summed E-state index contributed by atoms with van der Waals surface area (Å²) in [6, 6.07) is 18.5. The number of carbonyl (C=O) groups is 1. The monoisotopic (exact) mass is 281 g/mol. The molecule has 0 unspecified atom stereocenters. The van der Waals surface area contributed by atoms with E-state index in [1.54, 1.807) is 6.92 Å². The van der Waals surface area contributed by atoms with E-state index in [0.29, 0.717) is 11.1 Å². The second kappa shape index (κ2) is 6.37. The van der Waals surface area contributed by atoms with Crippen LogP contribution in [0.3, 0.4) is 0 Å². The number of esters is 1. The molecule has 2 aromatic carbocycles. The van der Waals surface area contributed by atoms with Crippen molar-refractivity contribution in [1.82, 2.24) is 0 Å². The maximum atomic E-state index is 12.6. The van der Waals surface area contributed by atoms with E-state index in [1.165, 1.54) is 0 Å². The first kappa shape index (κ1) is 15.0. The highest BCUT2D eigenvalue weighted by atomic mass is 16.5. The van der Waals surface area contributed by atoms with Gasteiger partial charge in [-0.2, -0.15) is 0 Å². The molecule has 2 N–H and O–H groups in total. The van der Waals surface area contributed by atoms with Crippen molar-refractivity contribution in [2.24, 2.45) is 5.73 Å². The Bertz CT molecular complexity index is 581. The van der Waals surface area contributed by atoms with E-state index in [-0.39, 0.29) is 6.61 Å². The van der Waals surface area contributed by atoms with Gasteiger partial charge in [-0.3, -0.25) is 0 Å². The summed E-state index contributed by atoms with van der Waals surface area (Å²) in [6.45, 7) is 5.70. The second-order valence-electron chi connectivity index (χ2n) is 5.07. The number of nitrogens with two attached hydrogens (primary N) is 1. The Morgan fingerprint density at radius 2 is 1.48 bits per heavy atom. The van der Waals surface area contributed by atoms with Gasteiger partial charge in [0, 0.05) is 0 Å². The average molecular weight is 281 g/mol. The zero-order chi connectivity index (χ0) is 15.3. The molecule has 0 spiro atoms. The lowest BCUT2D eigenvalue weighted by Crippen LogP contribution is -2.47. The molecule has 108 valence electrons. The van der Waals surface area contributed by atoms with Gasteiger partial charge in [-0.25, -0.2) is 4.79 Å². The minimum Gasteiger partial charge on any atom is -0.459 e. The summed E-state index contributed by atoms with van der Waals surface area (Å²) in [7, 11) is 0. The van der Waals surface area contributed by atoms with Crippen molar-refractivity contribution >= 4 is 5.97 Å². The van der Waals surface area contributed by atoms with Crippen LogP contribution >= 0.6 is 0 Å². The second-order valence-corrected chi connectivity index (χ2v) is 5.07. The summed E-state index contributed by atoms with van der Waals surface area (Å²) in [5.74, 6) is -0.483. The number of rotatable bonds is 5. The molecule has 0 atom stereocenters. The molecular formula is C18H19NO2. The Hall–Kier alpha value is -2.39. The van der Waals surface area contributed by atoms with E-state index in [4.69, 9.17) is 10.5 Å². The van der Waals surface area contributed by atoms with Crippen molar-refractivity contribution in [2.45, 2.75) is 12.5 Å². The van der Waals surface area contributed by atoms with Crippen LogP contribution in [0.15, 0.2) is 72.8 Å². The Labute approximate surface area is 125 Å². The Balaban J connectivity index is 2.45. The van der Waals surface area contributed by atoms with Crippen LogP contribution in [-0.2, 0) is 15.1 Å². The fourth-order valence-electron chi connectivity index (χ4n) is 2.11. The Kier molecular flexibility index (Phi) is 4.55. The smallest absolute Gasteiger partial charge is 0.335 e. The molecule has 0 heterocycles. The van der Waals surface area contributed by atoms with Crippen molar-refractivity contribution in [3.05, 3.63) is 83.9 Å². The number of carbonyl (C=O) groups excluding carboxylic acids is 1. The van der Waals surface area contributed by atoms with Crippen molar-refractivity contribution in [3.8, 4) is 0 Å². The maximum Gasteiger partial charge on any atom is 0.335 e. The van der Waals surface area contributed by atoms with Crippen molar-refractivity contribution in [1.29, 1.82) is 0 Å². The molecule has 0 aliphatic rings. The zero-order valence-corrected chi connectivity index (χ0v) is 12.1. The standard InChI is InChI=1S/C18H19NO2/c1-14(2)13-21-17(20)18(19,15-9-5-3-6-10-15)16-11-7-4-8-12-16/h3-12H,1,13,19H2,2H3. The first-order valence-corrected chi connectivity index (χ1v) is 6.76. The molecule has 0 aliphatic carbocycles. The van der Waals surface area contributed by atoms with Gasteiger partial charge in [0.25, 0.3) is 0 Å². The van der Waals surface area contributed by atoms with Gasteiger partial charge in [0.2, 0.25) is 0 Å². The Morgan fingerprint density at radius 1 is 1.05 bits per heavy atom. The van der Waals surface area contributed by atoms with Crippen molar-refractivity contribution in [3.63, 3.8) is 0 Å². The molecule has 2 aromatic rings. The first-order valence-electron chi connectivity index (χ1n) is 6.76. The van der Waals surface area contributed by atoms with Crippen LogP contribution < -0.4 is 5.73 Å². The molecule has 0 aliphatic heterocycles. The van der Waals surface area contributed by atoms with Crippen LogP contribution in [0.5, 0.6) is 0 Å². The highest BCUT2D eigenvalue weighted by Gasteiger charge is 2.39. The predicted molar refractivity (Wildman–Crippen MR) is 83.6 cm³/mol. The van der Waals surface area contributed by atoms with E-state index < -0.39 is 11.5 Å². The van der Waals surface area contributed by atoms with Gasteiger partial charge in [0.05, 0.1) is 0 Å². The highest BCUT2D eigenvalue weighted by molar-refractivity contribution is 5.86. The van der Waals surface area contributed by atoms with Crippen LogP contribution in [0.4, 0.5) is 0 Å². The quantitative estimate of drug-likeness (QED) is 0.677. The summed E-state index contributed by atoms with van der Waals surface area (Å²) in [6.07, 6.45) is 0. The van der Waals surface area contributed by atoms with Crippen LogP contribution in [-0.4, -0.2) is 12.6 Å². The average Bonchev–Trinajstić information content (AvgIpc) is 2.53. The van der Waals surface area contributed by atoms with Gasteiger partial charge in [-0.1, -0.05) is 67.2 Å². The zero-order valence-electron chi connectivity index (χ0n) is 12.1. The third-order valence-corrected chi connectivity index (χ3v) is 3.23. The lowest BCUT2D eigenvalue weighted by Gasteiger charge is -2.28. The van der Waals surface area contributed by atoms with Gasteiger partial charge < -0.3 is 10.5 Å². The van der Waals surface area contributed by atoms with Crippen LogP contribution in [0.1, 0.15) is 18.1 Å². The van der Waals surface area contributed by atoms with Crippen LogP contribution in [0.25, 0.3) is 0 Å². The first-order chi connectivity index (χ1) is 10.0. The van der Waals surface area contributed by atoms with E-state index in [0.717, 1.165) is 5.57 Å². The number of hydrogen-bond donors (Lipinski definition) is 1. The molecule has 2 rings (SSSR count). The van der Waals surface area contributed by atoms with Crippen LogP contribution in [0, 0.1) is 0 Å². The van der Waals surface area contributed by atoms with E-state index in [9.17, 15) is 4.79 Å². The summed E-state index contributed by atoms with van der Waals surface area (Å²) in [4.78, 5) is 12.6. The van der Waals surface area contributed by atoms with Crippen LogP contribution in [0.2, 0.25) is 0 Å². The SMILES string of the molecule is C=C(C)COC(=O)C(N)(c1ccccc1)c1ccccc1. The molecule has 0 saturated heterocycles. The summed E-state index contributed by atoms with van der Waals surface area (Å²) >= 11 is 0. The molecular weight excluding hydrogens is 262 g/mol. The topological polar surface area (TPSA) is 52.3 Å². The lowest BCUT2D eigenvalue weighted by atomic mass is 9.84. The summed E-state index contributed by atoms with van der Waals surface area (Å²) in [5, 5.41) is 0. The predicted octanol–water partition coefficient (Wildman–Crippen LogP) is 3.01. The minimum absolute atomic E-state index is 0.164. The third-order valence-electron chi connectivity index (χ3n) is 3.23. The molecule has 0 bridgehead atoms. The molecule has 3 heteroatoms. The molecule has 0 aromatic heterocycles. The van der Waals surface area contributed by atoms with Gasteiger partial charge in [-0.15, -0.1) is 0 Å². The Morgan fingerprint density at radius 3 is 1.86 bits per heavy atom. The van der Waals surface area contributed by atoms with E-state index in [1.807, 2.05) is 60.7 Å². The number of ether oxygens (including phenoxy) is 1. The fourth-order valence-corrected chi connectivity index (χ4v) is 2.11. The van der Waals surface area contributed by atoms with Crippen molar-refractivity contribution in [2.75, 3.05) is 6.61 Å². The molecule has 0 fully saturated rings. The fraction of sp³-hybridized carbons (Fsp3) is 0.167. The minimum atomic E-state index is -1.32. The molecule has 0 radical (unpaired) electrons. The normalized spacial score (nSPS) is 11.0. The third kappa shape index (κ3) is 3.20.